The average molecular weight is 365 g/mol. The van der Waals surface area contributed by atoms with E-state index < -0.39 is 0 Å². The van der Waals surface area contributed by atoms with Crippen molar-refractivity contribution in [2.75, 3.05) is 19.7 Å². The summed E-state index contributed by atoms with van der Waals surface area (Å²) in [5.74, 6) is 0.461. The number of amides is 1. The molecule has 1 fully saturated rings. The molecule has 0 radical (unpaired) electrons. The summed E-state index contributed by atoms with van der Waals surface area (Å²) in [7, 11) is 0. The summed E-state index contributed by atoms with van der Waals surface area (Å²) in [5.41, 5.74) is 7.21. The standard InChI is InChI=1S/C18H24N4O2.ClH/c1-2-12-24-16-13-22(15-6-4-3-5-7-15)20-17(16)18(23)21-10-8-14(19)9-11-21;/h3-7,13-14H,2,8-12,19H2,1H3;1H. The summed E-state index contributed by atoms with van der Waals surface area (Å²) >= 11 is 0. The highest BCUT2D eigenvalue weighted by Gasteiger charge is 2.27. The van der Waals surface area contributed by atoms with Gasteiger partial charge in [0.05, 0.1) is 18.5 Å². The van der Waals surface area contributed by atoms with Gasteiger partial charge in [-0.1, -0.05) is 25.1 Å². The molecule has 3 rings (SSSR count). The van der Waals surface area contributed by atoms with E-state index in [9.17, 15) is 4.79 Å². The van der Waals surface area contributed by atoms with Gasteiger partial charge in [0.25, 0.3) is 5.91 Å². The lowest BCUT2D eigenvalue weighted by Gasteiger charge is -2.29. The molecule has 1 aromatic heterocycles. The second-order valence-corrected chi connectivity index (χ2v) is 6.10. The maximum absolute atomic E-state index is 12.9. The molecule has 0 atom stereocenters. The van der Waals surface area contributed by atoms with Crippen molar-refractivity contribution in [3.05, 3.63) is 42.2 Å². The molecule has 7 heteroatoms. The molecule has 0 spiro atoms. The second kappa shape index (κ2) is 8.87. The zero-order chi connectivity index (χ0) is 16.9. The van der Waals surface area contributed by atoms with E-state index >= 15 is 0 Å². The zero-order valence-corrected chi connectivity index (χ0v) is 15.2. The van der Waals surface area contributed by atoms with Crippen LogP contribution in [0.2, 0.25) is 0 Å². The monoisotopic (exact) mass is 364 g/mol. The SMILES string of the molecule is CCCOc1cn(-c2ccccc2)nc1C(=O)N1CCC(N)CC1.Cl. The fourth-order valence-corrected chi connectivity index (χ4v) is 2.79. The van der Waals surface area contributed by atoms with Crippen molar-refractivity contribution in [1.82, 2.24) is 14.7 Å². The molecule has 25 heavy (non-hydrogen) atoms. The van der Waals surface area contributed by atoms with Gasteiger partial charge in [-0.15, -0.1) is 12.4 Å². The number of aromatic nitrogens is 2. The highest BCUT2D eigenvalue weighted by molar-refractivity contribution is 5.95. The van der Waals surface area contributed by atoms with E-state index in [1.54, 1.807) is 10.9 Å². The Kier molecular flexibility index (Phi) is 6.84. The van der Waals surface area contributed by atoms with Gasteiger partial charge in [-0.2, -0.15) is 5.10 Å². The molecule has 1 aliphatic heterocycles. The molecule has 1 amide bonds. The number of para-hydroxylation sites is 1. The van der Waals surface area contributed by atoms with Crippen molar-refractivity contribution in [2.24, 2.45) is 5.73 Å². The first-order valence-electron chi connectivity index (χ1n) is 8.51. The van der Waals surface area contributed by atoms with Gasteiger partial charge in [0.15, 0.2) is 11.4 Å². The van der Waals surface area contributed by atoms with Crippen molar-refractivity contribution < 1.29 is 9.53 Å². The van der Waals surface area contributed by atoms with Gasteiger partial charge in [0, 0.05) is 19.1 Å². The lowest BCUT2D eigenvalue weighted by atomic mass is 10.1. The molecule has 1 aliphatic rings. The molecule has 0 aliphatic carbocycles. The Labute approximate surface area is 154 Å². The Bertz CT molecular complexity index is 682. The molecule has 0 unspecified atom stereocenters. The number of nitrogens with two attached hydrogens (primary N) is 1. The molecular weight excluding hydrogens is 340 g/mol. The molecule has 1 saturated heterocycles. The summed E-state index contributed by atoms with van der Waals surface area (Å²) < 4.78 is 7.47. The van der Waals surface area contributed by atoms with Crippen molar-refractivity contribution in [2.45, 2.75) is 32.2 Å². The van der Waals surface area contributed by atoms with Crippen molar-refractivity contribution in [1.29, 1.82) is 0 Å². The summed E-state index contributed by atoms with van der Waals surface area (Å²) in [6, 6.07) is 9.92. The number of halogens is 1. The van der Waals surface area contributed by atoms with Crippen molar-refractivity contribution in [3.8, 4) is 11.4 Å². The fraction of sp³-hybridized carbons (Fsp3) is 0.444. The molecule has 0 saturated carbocycles. The number of carbonyl (C=O) groups excluding carboxylic acids is 1. The molecular formula is C18H25ClN4O2. The second-order valence-electron chi connectivity index (χ2n) is 6.10. The smallest absolute Gasteiger partial charge is 0.278 e. The topological polar surface area (TPSA) is 73.4 Å². The van der Waals surface area contributed by atoms with Crippen LogP contribution in [-0.2, 0) is 0 Å². The van der Waals surface area contributed by atoms with Gasteiger partial charge < -0.3 is 15.4 Å². The average Bonchev–Trinajstić information content (AvgIpc) is 3.05. The largest absolute Gasteiger partial charge is 0.489 e. The normalized spacial score (nSPS) is 14.9. The van der Waals surface area contributed by atoms with E-state index in [0.717, 1.165) is 24.9 Å². The van der Waals surface area contributed by atoms with Gasteiger partial charge in [0.1, 0.15) is 0 Å². The van der Waals surface area contributed by atoms with E-state index in [1.165, 1.54) is 0 Å². The van der Waals surface area contributed by atoms with Gasteiger partial charge in [-0.3, -0.25) is 4.79 Å². The van der Waals surface area contributed by atoms with E-state index in [2.05, 4.69) is 5.10 Å². The third-order valence-electron chi connectivity index (χ3n) is 4.19. The van der Waals surface area contributed by atoms with Crippen LogP contribution in [0.25, 0.3) is 5.69 Å². The predicted molar refractivity (Wildman–Crippen MR) is 99.7 cm³/mol. The van der Waals surface area contributed by atoms with Crippen LogP contribution in [-0.4, -0.2) is 46.3 Å². The number of likely N-dealkylation sites (tertiary alicyclic amines) is 1. The minimum Gasteiger partial charge on any atom is -0.489 e. The Morgan fingerprint density at radius 1 is 1.28 bits per heavy atom. The predicted octanol–water partition coefficient (Wildman–Crippen LogP) is 2.65. The Balaban J connectivity index is 0.00000225. The maximum atomic E-state index is 12.9. The van der Waals surface area contributed by atoms with E-state index in [4.69, 9.17) is 10.5 Å². The quantitative estimate of drug-likeness (QED) is 0.885. The number of hydrogen-bond donors (Lipinski definition) is 1. The van der Waals surface area contributed by atoms with Crippen LogP contribution in [0.15, 0.2) is 36.5 Å². The maximum Gasteiger partial charge on any atom is 0.278 e. The first-order valence-corrected chi connectivity index (χ1v) is 8.51. The number of nitrogens with zero attached hydrogens (tertiary/aromatic N) is 3. The Morgan fingerprint density at radius 3 is 2.60 bits per heavy atom. The van der Waals surface area contributed by atoms with Gasteiger partial charge in [-0.05, 0) is 31.4 Å². The molecule has 136 valence electrons. The van der Waals surface area contributed by atoms with E-state index in [1.807, 2.05) is 42.2 Å². The third kappa shape index (κ3) is 4.52. The van der Waals surface area contributed by atoms with Crippen molar-refractivity contribution >= 4 is 18.3 Å². The molecule has 2 aromatic rings. The lowest BCUT2D eigenvalue weighted by Crippen LogP contribution is -2.43. The fourth-order valence-electron chi connectivity index (χ4n) is 2.79. The molecule has 1 aromatic carbocycles. The summed E-state index contributed by atoms with van der Waals surface area (Å²) in [6.07, 6.45) is 4.32. The van der Waals surface area contributed by atoms with Crippen LogP contribution in [0.3, 0.4) is 0 Å². The third-order valence-corrected chi connectivity index (χ3v) is 4.19. The minimum atomic E-state index is -0.0808. The minimum absolute atomic E-state index is 0. The number of piperidine rings is 1. The van der Waals surface area contributed by atoms with Crippen LogP contribution in [0.1, 0.15) is 36.7 Å². The highest BCUT2D eigenvalue weighted by Crippen LogP contribution is 2.23. The first kappa shape index (κ1) is 19.3. The van der Waals surface area contributed by atoms with E-state index in [0.29, 0.717) is 31.1 Å². The zero-order valence-electron chi connectivity index (χ0n) is 14.4. The summed E-state index contributed by atoms with van der Waals surface area (Å²) in [5, 5.41) is 4.50. The summed E-state index contributed by atoms with van der Waals surface area (Å²) in [4.78, 5) is 14.7. The van der Waals surface area contributed by atoms with Crippen LogP contribution in [0, 0.1) is 0 Å². The Morgan fingerprint density at radius 2 is 1.96 bits per heavy atom. The van der Waals surface area contributed by atoms with Crippen LogP contribution in [0.5, 0.6) is 5.75 Å². The molecule has 6 nitrogen and oxygen atoms in total. The molecule has 2 heterocycles. The Hall–Kier alpha value is -2.05. The van der Waals surface area contributed by atoms with Crippen LogP contribution < -0.4 is 10.5 Å². The number of hydrogen-bond acceptors (Lipinski definition) is 4. The van der Waals surface area contributed by atoms with Crippen molar-refractivity contribution in [3.63, 3.8) is 0 Å². The number of carbonyl (C=O) groups is 1. The van der Waals surface area contributed by atoms with Crippen LogP contribution in [0.4, 0.5) is 0 Å². The number of benzene rings is 1. The highest BCUT2D eigenvalue weighted by atomic mass is 35.5. The van der Waals surface area contributed by atoms with E-state index in [-0.39, 0.29) is 24.4 Å². The first-order chi connectivity index (χ1) is 11.7. The van der Waals surface area contributed by atoms with Crippen LogP contribution >= 0.6 is 12.4 Å². The summed E-state index contributed by atoms with van der Waals surface area (Å²) in [6.45, 7) is 3.94. The van der Waals surface area contributed by atoms with Gasteiger partial charge >= 0.3 is 0 Å². The number of ether oxygens (including phenoxy) is 1. The molecule has 2 N–H and O–H groups in total. The molecule has 0 bridgehead atoms. The number of rotatable bonds is 5. The lowest BCUT2D eigenvalue weighted by molar-refractivity contribution is 0.0704. The van der Waals surface area contributed by atoms with Gasteiger partial charge in [0.2, 0.25) is 0 Å². The van der Waals surface area contributed by atoms with Gasteiger partial charge in [-0.25, -0.2) is 4.68 Å².